The zero-order chi connectivity index (χ0) is 21.6. The molecular weight excluding hydrogens is 418 g/mol. The van der Waals surface area contributed by atoms with E-state index in [0.29, 0.717) is 23.6 Å². The van der Waals surface area contributed by atoms with Gasteiger partial charge in [0.2, 0.25) is 0 Å². The molecule has 31 heavy (non-hydrogen) atoms. The van der Waals surface area contributed by atoms with Crippen LogP contribution >= 0.6 is 11.6 Å². The Bertz CT molecular complexity index is 1120. The lowest BCUT2D eigenvalue weighted by atomic mass is 9.87. The van der Waals surface area contributed by atoms with Crippen molar-refractivity contribution in [2.45, 2.75) is 50.1 Å². The Morgan fingerprint density at radius 2 is 1.87 bits per heavy atom. The number of nitrogens with zero attached hydrogens (tertiary/aromatic N) is 2. The summed E-state index contributed by atoms with van der Waals surface area (Å²) in [4.78, 5) is 21.0. The van der Waals surface area contributed by atoms with Crippen molar-refractivity contribution in [3.8, 4) is 0 Å². The number of carbonyl (C=O) groups is 1. The Balaban J connectivity index is 1.25. The highest BCUT2D eigenvalue weighted by molar-refractivity contribution is 6.30. The third-order valence-corrected chi connectivity index (χ3v) is 7.18. The van der Waals surface area contributed by atoms with Gasteiger partial charge in [-0.15, -0.1) is 0 Å². The normalized spacial score (nSPS) is 27.5. The molecule has 0 N–H and O–H groups in total. The molecule has 0 saturated heterocycles. The maximum atomic E-state index is 15.6. The maximum absolute atomic E-state index is 15.6. The van der Waals surface area contributed by atoms with Crippen LogP contribution in [0, 0.1) is 17.7 Å². The number of aromatic nitrogens is 2. The standard InChI is InChI=1S/C25H23ClF2N2O/c26-18-1-3-20(30-14-18)10-21(31)13-25(28)11-16-7-15(8-17(16)12-25)22-5-6-29-24-4-2-19(27)9-23(22)24/h1-6,9,14-17H,7-8,10-13H2/t15?,16-,17+,25?. The second-order valence-electron chi connectivity index (χ2n) is 9.17. The van der Waals surface area contributed by atoms with E-state index in [1.807, 2.05) is 6.07 Å². The summed E-state index contributed by atoms with van der Waals surface area (Å²) in [6, 6.07) is 10.1. The first-order valence-electron chi connectivity index (χ1n) is 10.7. The molecule has 2 saturated carbocycles. The zero-order valence-corrected chi connectivity index (χ0v) is 17.8. The number of pyridine rings is 2. The molecule has 2 aromatic heterocycles. The van der Waals surface area contributed by atoms with Crippen LogP contribution in [0.15, 0.2) is 48.8 Å². The summed E-state index contributed by atoms with van der Waals surface area (Å²) in [6.45, 7) is 0. The second kappa shape index (κ2) is 7.94. The van der Waals surface area contributed by atoms with Crippen LogP contribution < -0.4 is 0 Å². The molecule has 2 heterocycles. The van der Waals surface area contributed by atoms with Crippen molar-refractivity contribution < 1.29 is 13.6 Å². The number of halogens is 3. The Labute approximate surface area is 184 Å². The zero-order valence-electron chi connectivity index (χ0n) is 17.0. The lowest BCUT2D eigenvalue weighted by Gasteiger charge is -2.22. The summed E-state index contributed by atoms with van der Waals surface area (Å²) >= 11 is 5.83. The molecule has 4 atom stereocenters. The molecule has 3 aromatic rings. The van der Waals surface area contributed by atoms with Gasteiger partial charge >= 0.3 is 0 Å². The van der Waals surface area contributed by atoms with Crippen LogP contribution in [0.1, 0.15) is 49.3 Å². The predicted octanol–water partition coefficient (Wildman–Crippen LogP) is 6.24. The van der Waals surface area contributed by atoms with Crippen molar-refractivity contribution in [3.63, 3.8) is 0 Å². The first-order chi connectivity index (χ1) is 14.9. The van der Waals surface area contributed by atoms with E-state index in [1.165, 1.54) is 12.3 Å². The molecular formula is C25H23ClF2N2O. The van der Waals surface area contributed by atoms with E-state index < -0.39 is 5.67 Å². The number of hydrogen-bond acceptors (Lipinski definition) is 3. The molecule has 6 heteroatoms. The SMILES string of the molecule is O=C(Cc1ccc(Cl)cn1)CC1(F)C[C@H]2CC(c3ccnc4ccc(F)cc34)C[C@H]2C1. The van der Waals surface area contributed by atoms with Crippen LogP contribution in [0.25, 0.3) is 10.9 Å². The van der Waals surface area contributed by atoms with Gasteiger partial charge in [-0.05, 0) is 85.4 Å². The van der Waals surface area contributed by atoms with Crippen LogP contribution in [-0.4, -0.2) is 21.4 Å². The molecule has 2 aliphatic carbocycles. The third kappa shape index (κ3) is 4.20. The lowest BCUT2D eigenvalue weighted by molar-refractivity contribution is -0.121. The smallest absolute Gasteiger partial charge is 0.142 e. The molecule has 3 nitrogen and oxygen atoms in total. The van der Waals surface area contributed by atoms with Crippen molar-refractivity contribution in [3.05, 3.63) is 70.9 Å². The van der Waals surface area contributed by atoms with E-state index in [1.54, 1.807) is 30.5 Å². The van der Waals surface area contributed by atoms with Crippen molar-refractivity contribution in [1.29, 1.82) is 0 Å². The van der Waals surface area contributed by atoms with Crippen molar-refractivity contribution in [2.75, 3.05) is 0 Å². The minimum Gasteiger partial charge on any atom is -0.299 e. The number of alkyl halides is 1. The van der Waals surface area contributed by atoms with Crippen molar-refractivity contribution in [1.82, 2.24) is 9.97 Å². The lowest BCUT2D eigenvalue weighted by Crippen LogP contribution is -2.25. The molecule has 0 bridgehead atoms. The Morgan fingerprint density at radius 1 is 1.10 bits per heavy atom. The fourth-order valence-electron chi connectivity index (χ4n) is 5.76. The first-order valence-corrected chi connectivity index (χ1v) is 11.1. The highest BCUT2D eigenvalue weighted by Crippen LogP contribution is 2.56. The third-order valence-electron chi connectivity index (χ3n) is 6.96. The van der Waals surface area contributed by atoms with E-state index in [4.69, 9.17) is 11.6 Å². The van der Waals surface area contributed by atoms with E-state index in [-0.39, 0.29) is 42.2 Å². The predicted molar refractivity (Wildman–Crippen MR) is 116 cm³/mol. The average Bonchev–Trinajstić information content (AvgIpc) is 3.23. The Morgan fingerprint density at radius 3 is 2.58 bits per heavy atom. The molecule has 0 radical (unpaired) electrons. The number of ketones is 1. The molecule has 0 spiro atoms. The van der Waals surface area contributed by atoms with Gasteiger partial charge in [-0.1, -0.05) is 11.6 Å². The topological polar surface area (TPSA) is 42.9 Å². The van der Waals surface area contributed by atoms with Gasteiger partial charge in [-0.3, -0.25) is 14.8 Å². The van der Waals surface area contributed by atoms with Gasteiger partial charge < -0.3 is 0 Å². The first kappa shape index (κ1) is 20.5. The van der Waals surface area contributed by atoms with Crippen LogP contribution in [0.4, 0.5) is 8.78 Å². The van der Waals surface area contributed by atoms with Gasteiger partial charge in [0.25, 0.3) is 0 Å². The molecule has 5 rings (SSSR count). The highest BCUT2D eigenvalue weighted by atomic mass is 35.5. The fourth-order valence-corrected chi connectivity index (χ4v) is 5.87. The summed E-state index contributed by atoms with van der Waals surface area (Å²) in [5.74, 6) is 0.406. The van der Waals surface area contributed by atoms with E-state index in [9.17, 15) is 9.18 Å². The number of fused-ring (bicyclic) bond motifs is 2. The quantitative estimate of drug-likeness (QED) is 0.472. The summed E-state index contributed by atoms with van der Waals surface area (Å²) < 4.78 is 29.4. The number of benzene rings is 1. The Hall–Kier alpha value is -2.40. The minimum absolute atomic E-state index is 0.0572. The number of rotatable bonds is 5. The minimum atomic E-state index is -1.43. The van der Waals surface area contributed by atoms with Gasteiger partial charge in [0.15, 0.2) is 0 Å². The summed E-state index contributed by atoms with van der Waals surface area (Å²) in [6.07, 6.45) is 5.94. The number of Topliss-reactive ketones (excluding diaryl/α,β-unsaturated/α-hetero) is 1. The maximum Gasteiger partial charge on any atom is 0.142 e. The molecule has 2 unspecified atom stereocenters. The van der Waals surface area contributed by atoms with Gasteiger partial charge in [0.05, 0.1) is 10.5 Å². The van der Waals surface area contributed by atoms with Crippen LogP contribution in [0.2, 0.25) is 5.02 Å². The van der Waals surface area contributed by atoms with Gasteiger partial charge in [0, 0.05) is 36.3 Å². The van der Waals surface area contributed by atoms with Gasteiger partial charge in [0.1, 0.15) is 17.3 Å². The van der Waals surface area contributed by atoms with Crippen LogP contribution in [-0.2, 0) is 11.2 Å². The Kier molecular flexibility index (Phi) is 5.25. The molecule has 2 aliphatic rings. The highest BCUT2D eigenvalue weighted by Gasteiger charge is 2.50. The van der Waals surface area contributed by atoms with E-state index >= 15 is 4.39 Å². The fraction of sp³-hybridized carbons (Fsp3) is 0.400. The van der Waals surface area contributed by atoms with E-state index in [2.05, 4.69) is 9.97 Å². The summed E-state index contributed by atoms with van der Waals surface area (Å²) in [5, 5.41) is 1.37. The molecule has 0 aliphatic heterocycles. The number of hydrogen-bond donors (Lipinski definition) is 0. The monoisotopic (exact) mass is 440 g/mol. The summed E-state index contributed by atoms with van der Waals surface area (Å²) in [5.41, 5.74) is 1.08. The number of carbonyl (C=O) groups excluding carboxylic acids is 1. The molecule has 160 valence electrons. The second-order valence-corrected chi connectivity index (χ2v) is 9.61. The molecule has 0 amide bonds. The summed E-state index contributed by atoms with van der Waals surface area (Å²) in [7, 11) is 0. The van der Waals surface area contributed by atoms with Crippen molar-refractivity contribution in [2.24, 2.45) is 11.8 Å². The van der Waals surface area contributed by atoms with Crippen LogP contribution in [0.3, 0.4) is 0 Å². The average molecular weight is 441 g/mol. The van der Waals surface area contributed by atoms with Crippen molar-refractivity contribution >= 4 is 28.3 Å². The largest absolute Gasteiger partial charge is 0.299 e. The van der Waals surface area contributed by atoms with Gasteiger partial charge in [-0.25, -0.2) is 8.78 Å². The molecule has 2 fully saturated rings. The van der Waals surface area contributed by atoms with Crippen LogP contribution in [0.5, 0.6) is 0 Å². The van der Waals surface area contributed by atoms with E-state index in [0.717, 1.165) is 29.3 Å². The molecule has 1 aromatic carbocycles. The van der Waals surface area contributed by atoms with Gasteiger partial charge in [-0.2, -0.15) is 0 Å².